The molecular weight excluding hydrogens is 244 g/mol. The Kier molecular flexibility index (Phi) is 3.78. The molecule has 6 heteroatoms. The molecule has 2 rings (SSSR count). The average molecular weight is 266 g/mol. The van der Waals surface area contributed by atoms with Crippen LogP contribution in [0.25, 0.3) is 0 Å². The number of hydrogen-bond donors (Lipinski definition) is 1. The maximum Gasteiger partial charge on any atom is 0.333 e. The number of rotatable bonds is 6. The van der Waals surface area contributed by atoms with Crippen LogP contribution in [0.3, 0.4) is 0 Å². The van der Waals surface area contributed by atoms with Crippen molar-refractivity contribution in [1.29, 1.82) is 0 Å². The third-order valence-electron chi connectivity index (χ3n) is 3.74. The van der Waals surface area contributed by atoms with Crippen molar-refractivity contribution in [2.45, 2.75) is 46.6 Å². The molecule has 1 heterocycles. The van der Waals surface area contributed by atoms with E-state index < -0.39 is 0 Å². The molecule has 0 bridgehead atoms. The highest BCUT2D eigenvalue weighted by Gasteiger charge is 2.30. The summed E-state index contributed by atoms with van der Waals surface area (Å²) in [5.41, 5.74) is 0.581. The van der Waals surface area contributed by atoms with Crippen LogP contribution in [0.15, 0.2) is 0 Å². The average Bonchev–Trinajstić information content (AvgIpc) is 3.09. The van der Waals surface area contributed by atoms with E-state index in [0.29, 0.717) is 17.4 Å². The van der Waals surface area contributed by atoms with Crippen molar-refractivity contribution in [2.75, 3.05) is 11.9 Å². The molecule has 0 saturated heterocycles. The van der Waals surface area contributed by atoms with Gasteiger partial charge in [-0.3, -0.25) is 10.1 Å². The van der Waals surface area contributed by atoms with Crippen molar-refractivity contribution in [2.24, 2.45) is 11.8 Å². The van der Waals surface area contributed by atoms with Crippen LogP contribution in [-0.2, 0) is 0 Å². The summed E-state index contributed by atoms with van der Waals surface area (Å²) in [6.07, 6.45) is 2.57. The molecule has 1 aliphatic carbocycles. The van der Waals surface area contributed by atoms with E-state index >= 15 is 0 Å². The molecule has 0 spiro atoms. The smallest absolute Gasteiger partial charge is 0.333 e. The molecule has 0 radical (unpaired) electrons. The summed E-state index contributed by atoms with van der Waals surface area (Å²) in [5, 5.41) is 18.7. The lowest BCUT2D eigenvalue weighted by Gasteiger charge is -2.15. The van der Waals surface area contributed by atoms with E-state index in [9.17, 15) is 10.1 Å². The van der Waals surface area contributed by atoms with Gasteiger partial charge in [0.15, 0.2) is 0 Å². The lowest BCUT2D eigenvalue weighted by Crippen LogP contribution is -2.17. The van der Waals surface area contributed by atoms with E-state index in [4.69, 9.17) is 0 Å². The Morgan fingerprint density at radius 3 is 2.58 bits per heavy atom. The molecule has 1 unspecified atom stereocenters. The first-order valence-electron chi connectivity index (χ1n) is 6.89. The van der Waals surface area contributed by atoms with Gasteiger partial charge in [0.2, 0.25) is 5.82 Å². The fourth-order valence-electron chi connectivity index (χ4n) is 2.39. The zero-order valence-electron chi connectivity index (χ0n) is 12.0. The van der Waals surface area contributed by atoms with Crippen LogP contribution < -0.4 is 5.32 Å². The third kappa shape index (κ3) is 2.88. The quantitative estimate of drug-likeness (QED) is 0.634. The largest absolute Gasteiger partial charge is 0.364 e. The lowest BCUT2D eigenvalue weighted by atomic mass is 10.1. The van der Waals surface area contributed by atoms with Gasteiger partial charge >= 0.3 is 5.69 Å². The van der Waals surface area contributed by atoms with Crippen LogP contribution in [0.4, 0.5) is 11.5 Å². The Labute approximate surface area is 113 Å². The first kappa shape index (κ1) is 13.8. The second-order valence-electron chi connectivity index (χ2n) is 5.77. The fraction of sp³-hybridized carbons (Fsp3) is 0.769. The van der Waals surface area contributed by atoms with E-state index in [0.717, 1.165) is 12.5 Å². The first-order chi connectivity index (χ1) is 8.91. The van der Waals surface area contributed by atoms with Gasteiger partial charge in [0.1, 0.15) is 5.69 Å². The van der Waals surface area contributed by atoms with E-state index in [1.54, 1.807) is 11.6 Å². The SMILES string of the molecule is Cc1nn(C(C)C)c(NCC(C)C2CC2)c1[N+](=O)[O-]. The minimum Gasteiger partial charge on any atom is -0.364 e. The van der Waals surface area contributed by atoms with Crippen molar-refractivity contribution in [3.05, 3.63) is 15.8 Å². The van der Waals surface area contributed by atoms with Gasteiger partial charge in [0, 0.05) is 12.6 Å². The topological polar surface area (TPSA) is 73.0 Å². The Morgan fingerprint density at radius 2 is 2.11 bits per heavy atom. The van der Waals surface area contributed by atoms with Gasteiger partial charge in [-0.05, 0) is 45.4 Å². The monoisotopic (exact) mass is 266 g/mol. The lowest BCUT2D eigenvalue weighted by molar-refractivity contribution is -0.384. The highest BCUT2D eigenvalue weighted by Crippen LogP contribution is 2.37. The molecule has 19 heavy (non-hydrogen) atoms. The van der Waals surface area contributed by atoms with Crippen molar-refractivity contribution >= 4 is 11.5 Å². The molecule has 0 aliphatic heterocycles. The Balaban J connectivity index is 2.21. The molecule has 1 N–H and O–H groups in total. The van der Waals surface area contributed by atoms with Crippen LogP contribution in [-0.4, -0.2) is 21.2 Å². The van der Waals surface area contributed by atoms with Gasteiger partial charge in [-0.15, -0.1) is 0 Å². The molecule has 0 amide bonds. The number of nitro groups is 1. The zero-order chi connectivity index (χ0) is 14.2. The van der Waals surface area contributed by atoms with Crippen LogP contribution in [0.5, 0.6) is 0 Å². The zero-order valence-corrected chi connectivity index (χ0v) is 12.0. The summed E-state index contributed by atoms with van der Waals surface area (Å²) in [5.74, 6) is 1.88. The maximum absolute atomic E-state index is 11.2. The molecule has 1 aliphatic rings. The van der Waals surface area contributed by atoms with Crippen LogP contribution in [0, 0.1) is 28.9 Å². The number of anilines is 1. The van der Waals surface area contributed by atoms with E-state index in [2.05, 4.69) is 17.3 Å². The molecule has 1 aromatic rings. The molecule has 1 aromatic heterocycles. The van der Waals surface area contributed by atoms with Crippen LogP contribution in [0.1, 0.15) is 45.3 Å². The summed E-state index contributed by atoms with van der Waals surface area (Å²) in [7, 11) is 0. The minimum absolute atomic E-state index is 0.103. The number of aromatic nitrogens is 2. The Hall–Kier alpha value is -1.59. The maximum atomic E-state index is 11.2. The minimum atomic E-state index is -0.342. The van der Waals surface area contributed by atoms with Crippen molar-refractivity contribution in [3.8, 4) is 0 Å². The Morgan fingerprint density at radius 1 is 1.47 bits per heavy atom. The number of aryl methyl sites for hydroxylation is 1. The molecule has 0 aromatic carbocycles. The number of hydrogen-bond acceptors (Lipinski definition) is 4. The summed E-state index contributed by atoms with van der Waals surface area (Å²) in [6, 6.07) is 0.103. The second-order valence-corrected chi connectivity index (χ2v) is 5.77. The van der Waals surface area contributed by atoms with Crippen molar-refractivity contribution < 1.29 is 4.92 Å². The van der Waals surface area contributed by atoms with Gasteiger partial charge in [-0.1, -0.05) is 6.92 Å². The van der Waals surface area contributed by atoms with Gasteiger partial charge in [-0.25, -0.2) is 4.68 Å². The molecule has 1 atom stereocenters. The van der Waals surface area contributed by atoms with Crippen LogP contribution in [0.2, 0.25) is 0 Å². The predicted molar refractivity (Wildman–Crippen MR) is 74.4 cm³/mol. The first-order valence-corrected chi connectivity index (χ1v) is 6.89. The number of nitrogens with zero attached hydrogens (tertiary/aromatic N) is 3. The molecule has 1 fully saturated rings. The van der Waals surface area contributed by atoms with Gasteiger partial charge in [0.25, 0.3) is 0 Å². The summed E-state index contributed by atoms with van der Waals surface area (Å²) in [4.78, 5) is 10.8. The predicted octanol–water partition coefficient (Wildman–Crippen LogP) is 3.14. The van der Waals surface area contributed by atoms with E-state index in [-0.39, 0.29) is 16.7 Å². The fourth-order valence-corrected chi connectivity index (χ4v) is 2.39. The highest BCUT2D eigenvalue weighted by atomic mass is 16.6. The third-order valence-corrected chi connectivity index (χ3v) is 3.74. The molecular formula is C13H22N4O2. The normalized spacial score (nSPS) is 16.7. The van der Waals surface area contributed by atoms with Gasteiger partial charge in [0.05, 0.1) is 4.92 Å². The molecule has 6 nitrogen and oxygen atoms in total. The van der Waals surface area contributed by atoms with Crippen molar-refractivity contribution in [3.63, 3.8) is 0 Å². The number of nitrogens with one attached hydrogen (secondary N) is 1. The van der Waals surface area contributed by atoms with E-state index in [1.807, 2.05) is 13.8 Å². The summed E-state index contributed by atoms with van der Waals surface area (Å²) >= 11 is 0. The van der Waals surface area contributed by atoms with Crippen molar-refractivity contribution in [1.82, 2.24) is 9.78 Å². The van der Waals surface area contributed by atoms with E-state index in [1.165, 1.54) is 12.8 Å². The summed E-state index contributed by atoms with van der Waals surface area (Å²) < 4.78 is 1.72. The highest BCUT2D eigenvalue weighted by molar-refractivity contribution is 5.59. The molecule has 106 valence electrons. The summed E-state index contributed by atoms with van der Waals surface area (Å²) in [6.45, 7) is 8.60. The van der Waals surface area contributed by atoms with Gasteiger partial charge < -0.3 is 5.32 Å². The van der Waals surface area contributed by atoms with Crippen LogP contribution >= 0.6 is 0 Å². The molecule has 1 saturated carbocycles. The van der Waals surface area contributed by atoms with Gasteiger partial charge in [-0.2, -0.15) is 5.10 Å². The second kappa shape index (κ2) is 5.19. The standard InChI is InChI=1S/C13H22N4O2/c1-8(2)16-13(12(17(18)19)10(4)15-16)14-7-9(3)11-5-6-11/h8-9,11,14H,5-7H2,1-4H3. The Bertz CT molecular complexity index is 477.